The summed E-state index contributed by atoms with van der Waals surface area (Å²) >= 11 is 8.89. The molecule has 0 aromatic carbocycles. The Kier molecular flexibility index (Phi) is 3.26. The number of hydrogen-bond acceptors (Lipinski definition) is 4. The van der Waals surface area contributed by atoms with Crippen molar-refractivity contribution in [1.29, 1.82) is 0 Å². The Morgan fingerprint density at radius 2 is 2.06 bits per heavy atom. The van der Waals surface area contributed by atoms with Crippen LogP contribution in [-0.2, 0) is 0 Å². The third-order valence-electron chi connectivity index (χ3n) is 1.84. The zero-order valence-corrected chi connectivity index (χ0v) is 10.2. The summed E-state index contributed by atoms with van der Waals surface area (Å²) in [6, 6.07) is 3.16. The third kappa shape index (κ3) is 2.25. The lowest BCUT2D eigenvalue weighted by Crippen LogP contribution is -2.07. The molecule has 0 aliphatic carbocycles. The smallest absolute Gasteiger partial charge is 0.230 e. The largest absolute Gasteiger partial charge is 0.285 e. The van der Waals surface area contributed by atoms with Crippen LogP contribution < -0.4 is 0 Å². The van der Waals surface area contributed by atoms with Gasteiger partial charge in [0.25, 0.3) is 0 Å². The van der Waals surface area contributed by atoms with E-state index in [4.69, 9.17) is 11.6 Å². The van der Waals surface area contributed by atoms with Crippen LogP contribution in [0.25, 0.3) is 0 Å². The summed E-state index contributed by atoms with van der Waals surface area (Å²) in [4.78, 5) is 23.6. The molecule has 2 aromatic heterocycles. The Bertz CT molecular complexity index is 530. The van der Waals surface area contributed by atoms with E-state index in [1.807, 2.05) is 0 Å². The highest BCUT2D eigenvalue weighted by atomic mass is 79.9. The summed E-state index contributed by atoms with van der Waals surface area (Å²) in [7, 11) is 0. The van der Waals surface area contributed by atoms with Crippen LogP contribution in [0.15, 0.2) is 35.3 Å². The van der Waals surface area contributed by atoms with E-state index in [2.05, 4.69) is 30.9 Å². The molecule has 0 fully saturated rings. The summed E-state index contributed by atoms with van der Waals surface area (Å²) in [5, 5.41) is 0.485. The average Bonchev–Trinajstić information content (AvgIpc) is 2.30. The number of hydrogen-bond donors (Lipinski definition) is 0. The molecular weight excluding hydrogens is 293 g/mol. The standard InChI is InChI=1S/C10H5BrClN3O/c11-7-4-13-5-15-9(7)10(16)8-2-1-6(12)3-14-8/h1-5H. The lowest BCUT2D eigenvalue weighted by atomic mass is 10.2. The Hall–Kier alpha value is -1.33. The molecule has 80 valence electrons. The Morgan fingerprint density at radius 3 is 2.69 bits per heavy atom. The third-order valence-corrected chi connectivity index (χ3v) is 2.65. The van der Waals surface area contributed by atoms with Gasteiger partial charge in [-0.1, -0.05) is 11.6 Å². The Balaban J connectivity index is 2.40. The second-order valence-corrected chi connectivity index (χ2v) is 4.20. The van der Waals surface area contributed by atoms with Crippen LogP contribution >= 0.6 is 27.5 Å². The molecule has 0 atom stereocenters. The normalized spacial score (nSPS) is 10.1. The number of carbonyl (C=O) groups excluding carboxylic acids is 1. The first kappa shape index (κ1) is 11.2. The van der Waals surface area contributed by atoms with E-state index in [1.165, 1.54) is 18.7 Å². The highest BCUT2D eigenvalue weighted by molar-refractivity contribution is 9.10. The van der Waals surface area contributed by atoms with E-state index in [-0.39, 0.29) is 11.5 Å². The fraction of sp³-hybridized carbons (Fsp3) is 0. The summed E-state index contributed by atoms with van der Waals surface area (Å²) < 4.78 is 0.539. The SMILES string of the molecule is O=C(c1ccc(Cl)cn1)c1ncncc1Br. The van der Waals surface area contributed by atoms with E-state index in [9.17, 15) is 4.79 Å². The predicted molar refractivity (Wildman–Crippen MR) is 62.4 cm³/mol. The van der Waals surface area contributed by atoms with Crippen molar-refractivity contribution in [3.63, 3.8) is 0 Å². The predicted octanol–water partition coefficient (Wildman–Crippen LogP) is 2.52. The lowest BCUT2D eigenvalue weighted by Gasteiger charge is -2.00. The number of ketones is 1. The van der Waals surface area contributed by atoms with Gasteiger partial charge in [-0.15, -0.1) is 0 Å². The fourth-order valence-corrected chi connectivity index (χ4v) is 1.62. The quantitative estimate of drug-likeness (QED) is 0.799. The van der Waals surface area contributed by atoms with E-state index in [0.29, 0.717) is 15.2 Å². The average molecular weight is 299 g/mol. The van der Waals surface area contributed by atoms with Crippen molar-refractivity contribution in [2.24, 2.45) is 0 Å². The second-order valence-electron chi connectivity index (χ2n) is 2.91. The van der Waals surface area contributed by atoms with Gasteiger partial charge in [-0.05, 0) is 28.1 Å². The molecule has 16 heavy (non-hydrogen) atoms. The number of aromatic nitrogens is 3. The van der Waals surface area contributed by atoms with Crippen molar-refractivity contribution in [3.8, 4) is 0 Å². The van der Waals surface area contributed by atoms with Gasteiger partial charge in [0.2, 0.25) is 5.78 Å². The van der Waals surface area contributed by atoms with Crippen molar-refractivity contribution in [2.75, 3.05) is 0 Å². The monoisotopic (exact) mass is 297 g/mol. The van der Waals surface area contributed by atoms with Crippen molar-refractivity contribution in [2.45, 2.75) is 0 Å². The molecule has 0 amide bonds. The van der Waals surface area contributed by atoms with Crippen LogP contribution in [-0.4, -0.2) is 20.7 Å². The van der Waals surface area contributed by atoms with Gasteiger partial charge in [-0.3, -0.25) is 9.78 Å². The minimum Gasteiger partial charge on any atom is -0.285 e. The molecular formula is C10H5BrClN3O. The minimum atomic E-state index is -0.272. The maximum atomic E-state index is 12.0. The number of carbonyl (C=O) groups is 1. The van der Waals surface area contributed by atoms with Gasteiger partial charge in [0, 0.05) is 12.4 Å². The minimum absolute atomic E-state index is 0.272. The van der Waals surface area contributed by atoms with Crippen molar-refractivity contribution in [3.05, 3.63) is 51.7 Å². The van der Waals surface area contributed by atoms with Gasteiger partial charge in [-0.2, -0.15) is 0 Å². The molecule has 0 unspecified atom stereocenters. The van der Waals surface area contributed by atoms with Gasteiger partial charge in [0.1, 0.15) is 17.7 Å². The van der Waals surface area contributed by atoms with Crippen LogP contribution in [0.4, 0.5) is 0 Å². The number of nitrogens with zero attached hydrogens (tertiary/aromatic N) is 3. The first-order chi connectivity index (χ1) is 7.68. The molecule has 4 nitrogen and oxygen atoms in total. The first-order valence-electron chi connectivity index (χ1n) is 4.30. The number of halogens is 2. The van der Waals surface area contributed by atoms with Gasteiger partial charge in [-0.25, -0.2) is 9.97 Å². The summed E-state index contributed by atoms with van der Waals surface area (Å²) in [6.07, 6.45) is 4.24. The van der Waals surface area contributed by atoms with Gasteiger partial charge in [0.05, 0.1) is 9.50 Å². The number of pyridine rings is 1. The molecule has 0 aliphatic rings. The van der Waals surface area contributed by atoms with Gasteiger partial charge < -0.3 is 0 Å². The molecule has 0 saturated carbocycles. The first-order valence-corrected chi connectivity index (χ1v) is 5.47. The summed E-state index contributed by atoms with van der Waals surface area (Å²) in [5.41, 5.74) is 0.577. The lowest BCUT2D eigenvalue weighted by molar-refractivity contribution is 0.102. The van der Waals surface area contributed by atoms with Crippen LogP contribution in [0.3, 0.4) is 0 Å². The highest BCUT2D eigenvalue weighted by Gasteiger charge is 2.15. The van der Waals surface area contributed by atoms with Crippen LogP contribution in [0.2, 0.25) is 5.02 Å². The maximum absolute atomic E-state index is 12.0. The maximum Gasteiger partial charge on any atom is 0.230 e. The van der Waals surface area contributed by atoms with E-state index >= 15 is 0 Å². The molecule has 0 aliphatic heterocycles. The molecule has 2 heterocycles. The number of rotatable bonds is 2. The van der Waals surface area contributed by atoms with E-state index in [1.54, 1.807) is 12.1 Å². The molecule has 0 radical (unpaired) electrons. The molecule has 2 rings (SSSR count). The molecule has 0 spiro atoms. The van der Waals surface area contributed by atoms with Crippen LogP contribution in [0, 0.1) is 0 Å². The molecule has 2 aromatic rings. The zero-order chi connectivity index (χ0) is 11.5. The molecule has 0 bridgehead atoms. The van der Waals surface area contributed by atoms with E-state index in [0.717, 1.165) is 0 Å². The summed E-state index contributed by atoms with van der Waals surface area (Å²) in [6.45, 7) is 0. The molecule has 0 saturated heterocycles. The van der Waals surface area contributed by atoms with Crippen molar-refractivity contribution in [1.82, 2.24) is 15.0 Å². The Labute approximate surface area is 105 Å². The van der Waals surface area contributed by atoms with Crippen LogP contribution in [0.5, 0.6) is 0 Å². The van der Waals surface area contributed by atoms with Gasteiger partial charge >= 0.3 is 0 Å². The summed E-state index contributed by atoms with van der Waals surface area (Å²) in [5.74, 6) is -0.272. The second kappa shape index (κ2) is 4.67. The van der Waals surface area contributed by atoms with Crippen LogP contribution in [0.1, 0.15) is 16.2 Å². The van der Waals surface area contributed by atoms with Crippen molar-refractivity contribution < 1.29 is 4.79 Å². The Morgan fingerprint density at radius 1 is 1.25 bits per heavy atom. The van der Waals surface area contributed by atoms with Crippen molar-refractivity contribution >= 4 is 33.3 Å². The van der Waals surface area contributed by atoms with E-state index < -0.39 is 0 Å². The topological polar surface area (TPSA) is 55.7 Å². The highest BCUT2D eigenvalue weighted by Crippen LogP contribution is 2.16. The molecule has 6 heteroatoms. The zero-order valence-electron chi connectivity index (χ0n) is 7.89. The van der Waals surface area contributed by atoms with Gasteiger partial charge in [0.15, 0.2) is 0 Å². The molecule has 0 N–H and O–H groups in total. The fourth-order valence-electron chi connectivity index (χ4n) is 1.11.